The van der Waals surface area contributed by atoms with E-state index in [9.17, 15) is 4.39 Å². The maximum absolute atomic E-state index is 13.4. The predicted molar refractivity (Wildman–Crippen MR) is 67.9 cm³/mol. The van der Waals surface area contributed by atoms with Crippen LogP contribution in [0.25, 0.3) is 5.69 Å². The molecule has 0 spiro atoms. The fraction of sp³-hybridized carbons (Fsp3) is 0.273. The lowest BCUT2D eigenvalue weighted by Gasteiger charge is -2.01. The number of halogens is 3. The van der Waals surface area contributed by atoms with Gasteiger partial charge in [0.15, 0.2) is 0 Å². The van der Waals surface area contributed by atoms with Gasteiger partial charge in [-0.3, -0.25) is 0 Å². The van der Waals surface area contributed by atoms with Gasteiger partial charge in [0.05, 0.1) is 21.7 Å². The van der Waals surface area contributed by atoms with E-state index in [1.807, 2.05) is 6.92 Å². The zero-order valence-electron chi connectivity index (χ0n) is 9.07. The Morgan fingerprint density at radius 1 is 1.53 bits per heavy atom. The molecule has 1 unspecified atom stereocenters. The Balaban J connectivity index is 2.33. The summed E-state index contributed by atoms with van der Waals surface area (Å²) in [5.41, 5.74) is 1.31. The van der Waals surface area contributed by atoms with Crippen molar-refractivity contribution in [3.05, 3.63) is 40.4 Å². The van der Waals surface area contributed by atoms with Crippen LogP contribution in [0.15, 0.2) is 28.9 Å². The van der Waals surface area contributed by atoms with E-state index in [0.717, 1.165) is 6.42 Å². The number of rotatable bonds is 3. The van der Waals surface area contributed by atoms with Gasteiger partial charge in [0, 0.05) is 6.07 Å². The van der Waals surface area contributed by atoms with Gasteiger partial charge < -0.3 is 0 Å². The lowest BCUT2D eigenvalue weighted by atomic mass is 10.2. The molecular weight excluding hydrogens is 308 g/mol. The highest BCUT2D eigenvalue weighted by molar-refractivity contribution is 9.10. The predicted octanol–water partition coefficient (Wildman–Crippen LogP) is 3.86. The molecule has 90 valence electrons. The van der Waals surface area contributed by atoms with Crippen molar-refractivity contribution in [2.75, 3.05) is 0 Å². The van der Waals surface area contributed by atoms with Gasteiger partial charge in [-0.1, -0.05) is 12.1 Å². The first-order chi connectivity index (χ1) is 8.11. The largest absolute Gasteiger partial charge is 0.220 e. The van der Waals surface area contributed by atoms with Crippen LogP contribution in [0.1, 0.15) is 24.4 Å². The normalized spacial score (nSPS) is 12.7. The molecule has 2 rings (SSSR count). The molecule has 6 heteroatoms. The minimum Gasteiger partial charge on any atom is -0.220 e. The van der Waals surface area contributed by atoms with Crippen molar-refractivity contribution in [2.45, 2.75) is 18.7 Å². The van der Waals surface area contributed by atoms with Gasteiger partial charge >= 0.3 is 0 Å². The van der Waals surface area contributed by atoms with Gasteiger partial charge in [-0.2, -0.15) is 0 Å². The summed E-state index contributed by atoms with van der Waals surface area (Å²) < 4.78 is 15.3. The van der Waals surface area contributed by atoms with E-state index in [1.54, 1.807) is 18.3 Å². The number of nitrogens with zero attached hydrogens (tertiary/aromatic N) is 3. The van der Waals surface area contributed by atoms with Crippen LogP contribution in [0.3, 0.4) is 0 Å². The lowest BCUT2D eigenvalue weighted by molar-refractivity contribution is 0.618. The SMILES string of the molecule is CCC(Cl)c1cn(-c2ccc(Br)c(F)c2)nn1. The number of hydrogen-bond donors (Lipinski definition) is 0. The second-order valence-electron chi connectivity index (χ2n) is 3.56. The molecule has 3 nitrogen and oxygen atoms in total. The molecule has 1 heterocycles. The molecule has 1 aromatic carbocycles. The average Bonchev–Trinajstić information content (AvgIpc) is 2.81. The summed E-state index contributed by atoms with van der Waals surface area (Å²) in [5, 5.41) is 7.73. The van der Waals surface area contributed by atoms with Crippen molar-refractivity contribution in [3.63, 3.8) is 0 Å². The maximum Gasteiger partial charge on any atom is 0.139 e. The van der Waals surface area contributed by atoms with Crippen molar-refractivity contribution < 1.29 is 4.39 Å². The average molecular weight is 319 g/mol. The highest BCUT2D eigenvalue weighted by Gasteiger charge is 2.11. The zero-order valence-corrected chi connectivity index (χ0v) is 11.4. The Morgan fingerprint density at radius 2 is 2.29 bits per heavy atom. The Morgan fingerprint density at radius 3 is 2.94 bits per heavy atom. The summed E-state index contributed by atoms with van der Waals surface area (Å²) in [4.78, 5) is 0. The summed E-state index contributed by atoms with van der Waals surface area (Å²) >= 11 is 9.15. The van der Waals surface area contributed by atoms with Crippen LogP contribution in [0, 0.1) is 5.82 Å². The first kappa shape index (κ1) is 12.5. The Bertz CT molecular complexity index is 529. The molecule has 1 atom stereocenters. The fourth-order valence-electron chi connectivity index (χ4n) is 1.38. The molecule has 2 aromatic rings. The van der Waals surface area contributed by atoms with E-state index in [-0.39, 0.29) is 11.2 Å². The molecule has 0 radical (unpaired) electrons. The number of alkyl halides is 1. The molecule has 0 aliphatic heterocycles. The zero-order chi connectivity index (χ0) is 12.4. The fourth-order valence-corrected chi connectivity index (χ4v) is 1.73. The van der Waals surface area contributed by atoms with Crippen molar-refractivity contribution in [2.24, 2.45) is 0 Å². The molecule has 0 amide bonds. The number of hydrogen-bond acceptors (Lipinski definition) is 2. The maximum atomic E-state index is 13.4. The Labute approximate surface area is 112 Å². The minimum atomic E-state index is -0.336. The van der Waals surface area contributed by atoms with Crippen LogP contribution in [0.5, 0.6) is 0 Å². The standard InChI is InChI=1S/C11H10BrClFN3/c1-2-9(13)11-6-17(16-15-11)7-3-4-8(12)10(14)5-7/h3-6,9H,2H2,1H3. The monoisotopic (exact) mass is 317 g/mol. The van der Waals surface area contributed by atoms with Crippen molar-refractivity contribution in [1.29, 1.82) is 0 Å². The van der Waals surface area contributed by atoms with Crippen LogP contribution in [-0.2, 0) is 0 Å². The summed E-state index contributed by atoms with van der Waals surface area (Å²) in [6, 6.07) is 4.77. The molecule has 0 N–H and O–H groups in total. The topological polar surface area (TPSA) is 30.7 Å². The second-order valence-corrected chi connectivity index (χ2v) is 4.94. The highest BCUT2D eigenvalue weighted by Crippen LogP contribution is 2.23. The quantitative estimate of drug-likeness (QED) is 0.805. The molecule has 0 saturated carbocycles. The van der Waals surface area contributed by atoms with E-state index >= 15 is 0 Å². The summed E-state index contributed by atoms with van der Waals surface area (Å²) in [6.07, 6.45) is 2.48. The summed E-state index contributed by atoms with van der Waals surface area (Å²) in [5.74, 6) is -0.336. The minimum absolute atomic E-state index is 0.163. The van der Waals surface area contributed by atoms with Crippen LogP contribution in [-0.4, -0.2) is 15.0 Å². The van der Waals surface area contributed by atoms with Crippen LogP contribution < -0.4 is 0 Å². The van der Waals surface area contributed by atoms with E-state index in [0.29, 0.717) is 15.9 Å². The van der Waals surface area contributed by atoms with E-state index in [1.165, 1.54) is 10.7 Å². The first-order valence-corrected chi connectivity index (χ1v) is 6.36. The van der Waals surface area contributed by atoms with Gasteiger partial charge in [0.2, 0.25) is 0 Å². The third-order valence-electron chi connectivity index (χ3n) is 2.36. The molecule has 0 aliphatic rings. The molecule has 0 fully saturated rings. The Hall–Kier alpha value is -0.940. The van der Waals surface area contributed by atoms with Crippen LogP contribution >= 0.6 is 27.5 Å². The molecule has 1 aromatic heterocycles. The Kier molecular flexibility index (Phi) is 3.79. The molecule has 0 bridgehead atoms. The van der Waals surface area contributed by atoms with E-state index < -0.39 is 0 Å². The molecular formula is C11H10BrClFN3. The summed E-state index contributed by atoms with van der Waals surface area (Å²) in [6.45, 7) is 1.97. The summed E-state index contributed by atoms with van der Waals surface area (Å²) in [7, 11) is 0. The van der Waals surface area contributed by atoms with Crippen molar-refractivity contribution in [3.8, 4) is 5.69 Å². The van der Waals surface area contributed by atoms with Crippen molar-refractivity contribution >= 4 is 27.5 Å². The third-order valence-corrected chi connectivity index (χ3v) is 3.53. The van der Waals surface area contributed by atoms with Gasteiger partial charge in [0.25, 0.3) is 0 Å². The number of benzene rings is 1. The van der Waals surface area contributed by atoms with Crippen LogP contribution in [0.4, 0.5) is 4.39 Å². The third kappa shape index (κ3) is 2.66. The van der Waals surface area contributed by atoms with Gasteiger partial charge in [0.1, 0.15) is 11.5 Å². The van der Waals surface area contributed by atoms with Gasteiger partial charge in [-0.05, 0) is 34.5 Å². The van der Waals surface area contributed by atoms with Gasteiger partial charge in [-0.25, -0.2) is 9.07 Å². The number of aromatic nitrogens is 3. The van der Waals surface area contributed by atoms with Crippen LogP contribution in [0.2, 0.25) is 0 Å². The van der Waals surface area contributed by atoms with Crippen molar-refractivity contribution in [1.82, 2.24) is 15.0 Å². The smallest absolute Gasteiger partial charge is 0.139 e. The van der Waals surface area contributed by atoms with E-state index in [2.05, 4.69) is 26.2 Å². The van der Waals surface area contributed by atoms with E-state index in [4.69, 9.17) is 11.6 Å². The second kappa shape index (κ2) is 5.14. The molecule has 0 aliphatic carbocycles. The highest BCUT2D eigenvalue weighted by atomic mass is 79.9. The molecule has 0 saturated heterocycles. The first-order valence-electron chi connectivity index (χ1n) is 5.13. The lowest BCUT2D eigenvalue weighted by Crippen LogP contribution is -1.95. The van der Waals surface area contributed by atoms with Gasteiger partial charge in [-0.15, -0.1) is 16.7 Å². The molecule has 17 heavy (non-hydrogen) atoms.